The lowest BCUT2D eigenvalue weighted by Gasteiger charge is -2.55. The Morgan fingerprint density at radius 3 is 2.16 bits per heavy atom. The molecule has 4 rings (SSSR count). The van der Waals surface area contributed by atoms with Crippen molar-refractivity contribution in [3.63, 3.8) is 0 Å². The highest BCUT2D eigenvalue weighted by atomic mass is 28.4. The maximum Gasteiger partial charge on any atom is 0.330 e. The van der Waals surface area contributed by atoms with Crippen LogP contribution in [0.4, 0.5) is 0 Å². The third-order valence-electron chi connectivity index (χ3n) is 8.16. The molecule has 3 aliphatic rings. The predicted octanol–water partition coefficient (Wildman–Crippen LogP) is 4.24. The molecule has 1 N–H and O–H groups in total. The van der Waals surface area contributed by atoms with Gasteiger partial charge in [-0.25, -0.2) is 4.79 Å². The topological polar surface area (TPSA) is 101 Å². The monoisotopic (exact) mass is 532 g/mol. The van der Waals surface area contributed by atoms with Gasteiger partial charge in [0, 0.05) is 23.8 Å². The minimum Gasteiger partial charge on any atom is -0.493 e. The molecule has 6 unspecified atom stereocenters. The summed E-state index contributed by atoms with van der Waals surface area (Å²) in [7, 11) is 3.48. The second-order valence-corrected chi connectivity index (χ2v) is 15.9. The van der Waals surface area contributed by atoms with Crippen LogP contribution in [0.2, 0.25) is 18.1 Å². The van der Waals surface area contributed by atoms with E-state index in [-0.39, 0.29) is 16.9 Å². The van der Waals surface area contributed by atoms with Gasteiger partial charge in [0.15, 0.2) is 19.8 Å². The Morgan fingerprint density at radius 2 is 1.62 bits per heavy atom. The molecule has 37 heavy (non-hydrogen) atoms. The quantitative estimate of drug-likeness (QED) is 0.301. The number of fused-ring (bicyclic) bond motifs is 2. The summed E-state index contributed by atoms with van der Waals surface area (Å²) in [5, 5.41) is 11.6. The minimum atomic E-state index is -2.30. The van der Waals surface area contributed by atoms with Gasteiger partial charge in [-0.3, -0.25) is 4.79 Å². The molecule has 9 heteroatoms. The molecule has 0 heterocycles. The zero-order valence-corrected chi connectivity index (χ0v) is 24.2. The Balaban J connectivity index is 2.21. The number of hydrogen-bond acceptors (Lipinski definition) is 8. The average Bonchev–Trinajstić information content (AvgIpc) is 2.86. The van der Waals surface area contributed by atoms with Crippen LogP contribution >= 0.6 is 0 Å². The van der Waals surface area contributed by atoms with E-state index in [1.165, 1.54) is 20.3 Å². The molecule has 204 valence electrons. The summed E-state index contributed by atoms with van der Waals surface area (Å²) >= 11 is 0. The van der Waals surface area contributed by atoms with Crippen LogP contribution in [0.25, 0.3) is 0 Å². The van der Waals surface area contributed by atoms with Crippen molar-refractivity contribution >= 4 is 20.3 Å². The average molecular weight is 533 g/mol. The highest BCUT2D eigenvalue weighted by Crippen LogP contribution is 2.56. The lowest BCUT2D eigenvalue weighted by molar-refractivity contribution is -0.159. The van der Waals surface area contributed by atoms with Gasteiger partial charge in [-0.05, 0) is 41.4 Å². The molecule has 0 aliphatic heterocycles. The van der Waals surface area contributed by atoms with Crippen molar-refractivity contribution in [2.75, 3.05) is 28.4 Å². The van der Waals surface area contributed by atoms with Crippen molar-refractivity contribution in [1.29, 1.82) is 0 Å². The molecule has 0 spiro atoms. The maximum atomic E-state index is 13.3. The van der Waals surface area contributed by atoms with Gasteiger partial charge >= 0.3 is 11.9 Å². The number of aliphatic hydroxyl groups is 1. The number of benzene rings is 1. The predicted molar refractivity (Wildman–Crippen MR) is 142 cm³/mol. The molecular weight excluding hydrogens is 492 g/mol. The highest BCUT2D eigenvalue weighted by Gasteiger charge is 2.59. The number of hydrogen-bond donors (Lipinski definition) is 1. The fraction of sp³-hybridized carbons (Fsp3) is 0.571. The van der Waals surface area contributed by atoms with Crippen LogP contribution in [-0.4, -0.2) is 66.0 Å². The number of esters is 2. The molecule has 8 nitrogen and oxygen atoms in total. The molecule has 2 bridgehead atoms. The number of rotatable bonds is 8. The van der Waals surface area contributed by atoms with Crippen molar-refractivity contribution in [2.45, 2.75) is 57.0 Å². The first-order chi connectivity index (χ1) is 17.3. The zero-order chi connectivity index (χ0) is 27.7. The summed E-state index contributed by atoms with van der Waals surface area (Å²) in [6, 6.07) is 5.59. The molecule has 0 radical (unpaired) electrons. The van der Waals surface area contributed by atoms with E-state index in [0.717, 1.165) is 5.56 Å². The lowest BCUT2D eigenvalue weighted by atomic mass is 9.55. The van der Waals surface area contributed by atoms with Crippen molar-refractivity contribution in [1.82, 2.24) is 0 Å². The van der Waals surface area contributed by atoms with Crippen LogP contribution in [0.5, 0.6) is 11.5 Å². The molecule has 6 atom stereocenters. The third-order valence-corrected chi connectivity index (χ3v) is 12.6. The zero-order valence-electron chi connectivity index (χ0n) is 23.2. The van der Waals surface area contributed by atoms with Gasteiger partial charge in [-0.1, -0.05) is 39.0 Å². The Morgan fingerprint density at radius 1 is 0.973 bits per heavy atom. The number of carbonyl (C=O) groups excluding carboxylic acids is 2. The molecule has 1 saturated carbocycles. The lowest BCUT2D eigenvalue weighted by Crippen LogP contribution is -2.61. The van der Waals surface area contributed by atoms with Crippen molar-refractivity contribution < 1.29 is 38.1 Å². The van der Waals surface area contributed by atoms with E-state index in [1.54, 1.807) is 20.3 Å². The molecule has 0 amide bonds. The molecule has 0 saturated heterocycles. The molecule has 1 fully saturated rings. The largest absolute Gasteiger partial charge is 0.493 e. The minimum absolute atomic E-state index is 0.0820. The number of allylic oxidation sites excluding steroid dienone is 1. The van der Waals surface area contributed by atoms with Crippen LogP contribution in [0.15, 0.2) is 42.0 Å². The van der Waals surface area contributed by atoms with Gasteiger partial charge in [-0.2, -0.15) is 0 Å². The number of carbonyl (C=O) groups is 2. The normalized spacial score (nSPS) is 27.6. The number of methoxy groups -OCH3 is 4. The Kier molecular flexibility index (Phi) is 8.61. The molecule has 1 aromatic rings. The van der Waals surface area contributed by atoms with E-state index in [9.17, 15) is 14.7 Å². The van der Waals surface area contributed by atoms with Crippen LogP contribution in [0.3, 0.4) is 0 Å². The Hall–Kier alpha value is -2.62. The highest BCUT2D eigenvalue weighted by molar-refractivity contribution is 6.74. The van der Waals surface area contributed by atoms with Gasteiger partial charge in [-0.15, -0.1) is 0 Å². The fourth-order valence-electron chi connectivity index (χ4n) is 5.23. The standard InChI is InChI=1S/C28H40O8Si/c1-28(2,3)37(8,9)36-26-18-14-16(11-13-21(29)34-6)23(25(26)30)24(27(31)35-7)22(18)17-10-12-19(32-4)20(15-17)33-5/h10-15,18,22-26,30H,1-9H3/b13-11+. The van der Waals surface area contributed by atoms with Gasteiger partial charge < -0.3 is 28.5 Å². The van der Waals surface area contributed by atoms with Crippen molar-refractivity contribution in [3.05, 3.63) is 47.6 Å². The van der Waals surface area contributed by atoms with Gasteiger partial charge in [0.05, 0.1) is 46.6 Å². The second-order valence-electron chi connectivity index (χ2n) is 11.1. The number of aliphatic hydroxyl groups excluding tert-OH is 1. The second kappa shape index (κ2) is 11.0. The van der Waals surface area contributed by atoms with Crippen molar-refractivity contribution in [3.8, 4) is 11.5 Å². The molecule has 1 aromatic carbocycles. The molecule has 3 aliphatic carbocycles. The third kappa shape index (κ3) is 5.49. The van der Waals surface area contributed by atoms with E-state index < -0.39 is 44.3 Å². The first-order valence-corrected chi connectivity index (χ1v) is 15.4. The fourth-order valence-corrected chi connectivity index (χ4v) is 6.56. The van der Waals surface area contributed by atoms with Crippen LogP contribution < -0.4 is 9.47 Å². The van der Waals surface area contributed by atoms with Crippen LogP contribution in [0, 0.1) is 17.8 Å². The SMILES string of the molecule is COC(=O)/C=C/C1=CC2C(O[Si](C)(C)C(C)(C)C)C(O)C1C(C(=O)OC)C2c1ccc(OC)c(OC)c1. The first kappa shape index (κ1) is 28.9. The summed E-state index contributed by atoms with van der Waals surface area (Å²) in [6.07, 6.45) is 3.44. The Labute approximate surface area is 220 Å². The van der Waals surface area contributed by atoms with E-state index >= 15 is 0 Å². The van der Waals surface area contributed by atoms with Crippen LogP contribution in [0.1, 0.15) is 32.3 Å². The summed E-state index contributed by atoms with van der Waals surface area (Å²) < 4.78 is 27.8. The van der Waals surface area contributed by atoms with E-state index in [2.05, 4.69) is 33.9 Å². The van der Waals surface area contributed by atoms with Gasteiger partial charge in [0.2, 0.25) is 0 Å². The van der Waals surface area contributed by atoms with E-state index in [1.807, 2.05) is 24.3 Å². The summed E-state index contributed by atoms with van der Waals surface area (Å²) in [5.41, 5.74) is 1.54. The van der Waals surface area contributed by atoms with Gasteiger partial charge in [0.1, 0.15) is 0 Å². The van der Waals surface area contributed by atoms with Gasteiger partial charge in [0.25, 0.3) is 0 Å². The summed E-state index contributed by atoms with van der Waals surface area (Å²) in [5.74, 6) is -1.90. The van der Waals surface area contributed by atoms with E-state index in [0.29, 0.717) is 17.1 Å². The number of ether oxygens (including phenoxy) is 4. The molecular formula is C28H40O8Si. The summed E-state index contributed by atoms with van der Waals surface area (Å²) in [6.45, 7) is 10.7. The van der Waals surface area contributed by atoms with Crippen LogP contribution in [-0.2, 0) is 23.5 Å². The van der Waals surface area contributed by atoms with Crippen molar-refractivity contribution in [2.24, 2.45) is 17.8 Å². The first-order valence-electron chi connectivity index (χ1n) is 12.4. The molecule has 0 aromatic heterocycles. The Bertz CT molecular complexity index is 1070. The maximum absolute atomic E-state index is 13.3. The smallest absolute Gasteiger partial charge is 0.330 e. The summed E-state index contributed by atoms with van der Waals surface area (Å²) in [4.78, 5) is 25.1. The van der Waals surface area contributed by atoms with E-state index in [4.69, 9.17) is 23.4 Å².